The molecule has 2 N–H and O–H groups in total. The maximum Gasteiger partial charge on any atom is 0.269 e. The molecule has 33 heavy (non-hydrogen) atoms. The van der Waals surface area contributed by atoms with Crippen LogP contribution in [0.3, 0.4) is 0 Å². The molecule has 0 heterocycles. The Bertz CT molecular complexity index is 1040. The molecule has 0 unspecified atom stereocenters. The molecule has 0 bridgehead atoms. The standard InChI is InChI=1S/C21H18N6O6/c22-13-1-11-21(12-2-14-23,19(28)24-15-3-7-17(8-4-15)26(30)31)20(29)25-16-5-9-18(10-6-16)27(32)33/h3-10H,1-2,11-12H2,(H,24,28)(H,25,29). The van der Waals surface area contributed by atoms with Crippen LogP contribution in [0.1, 0.15) is 25.7 Å². The van der Waals surface area contributed by atoms with Crippen LogP contribution in [0.15, 0.2) is 48.5 Å². The first-order valence-electron chi connectivity index (χ1n) is 9.59. The third-order valence-corrected chi connectivity index (χ3v) is 4.87. The molecule has 2 rings (SSSR count). The van der Waals surface area contributed by atoms with Crippen molar-refractivity contribution in [1.29, 1.82) is 10.5 Å². The summed E-state index contributed by atoms with van der Waals surface area (Å²) < 4.78 is 0. The second-order valence-corrected chi connectivity index (χ2v) is 6.91. The first kappa shape index (κ1) is 24.4. The van der Waals surface area contributed by atoms with Crippen LogP contribution in [0.25, 0.3) is 0 Å². The molecule has 12 heteroatoms. The molecule has 0 aromatic heterocycles. The molecular formula is C21H18N6O6. The fourth-order valence-electron chi connectivity index (χ4n) is 3.06. The van der Waals surface area contributed by atoms with Crippen LogP contribution in [0.5, 0.6) is 0 Å². The average molecular weight is 450 g/mol. The normalized spacial score (nSPS) is 10.4. The number of amides is 2. The van der Waals surface area contributed by atoms with Gasteiger partial charge in [0.2, 0.25) is 11.8 Å². The van der Waals surface area contributed by atoms with Gasteiger partial charge in [-0.15, -0.1) is 0 Å². The number of rotatable bonds is 10. The number of carbonyl (C=O) groups is 2. The minimum atomic E-state index is -1.81. The van der Waals surface area contributed by atoms with E-state index in [4.69, 9.17) is 10.5 Å². The number of nitrogens with one attached hydrogen (secondary N) is 2. The Morgan fingerprint density at radius 3 is 1.36 bits per heavy atom. The van der Waals surface area contributed by atoms with E-state index in [0.29, 0.717) is 0 Å². The smallest absolute Gasteiger partial charge is 0.269 e. The quantitative estimate of drug-likeness (QED) is 0.311. The molecule has 168 valence electrons. The second kappa shape index (κ2) is 11.0. The molecule has 0 aliphatic carbocycles. The van der Waals surface area contributed by atoms with Crippen molar-refractivity contribution in [3.63, 3.8) is 0 Å². The SMILES string of the molecule is N#CCCC(CCC#N)(C(=O)Nc1ccc([N+](=O)[O-])cc1)C(=O)Nc1ccc([N+](=O)[O-])cc1. The lowest BCUT2D eigenvalue weighted by atomic mass is 9.77. The molecule has 2 amide bonds. The summed E-state index contributed by atoms with van der Waals surface area (Å²) in [6.07, 6.45) is -0.703. The summed E-state index contributed by atoms with van der Waals surface area (Å²) in [7, 11) is 0. The van der Waals surface area contributed by atoms with Crippen LogP contribution in [-0.2, 0) is 9.59 Å². The van der Waals surface area contributed by atoms with Crippen molar-refractivity contribution in [2.24, 2.45) is 5.41 Å². The Kier molecular flexibility index (Phi) is 8.12. The van der Waals surface area contributed by atoms with Gasteiger partial charge in [-0.25, -0.2) is 0 Å². The molecule has 0 radical (unpaired) electrons. The lowest BCUT2D eigenvalue weighted by molar-refractivity contribution is -0.385. The van der Waals surface area contributed by atoms with Gasteiger partial charge in [0.1, 0.15) is 5.41 Å². The van der Waals surface area contributed by atoms with Crippen molar-refractivity contribution in [1.82, 2.24) is 0 Å². The highest BCUT2D eigenvalue weighted by Crippen LogP contribution is 2.34. The maximum absolute atomic E-state index is 13.2. The minimum absolute atomic E-state index is 0.160. The van der Waals surface area contributed by atoms with Gasteiger partial charge in [0.25, 0.3) is 11.4 Å². The number of nitro groups is 2. The minimum Gasteiger partial charge on any atom is -0.325 e. The Balaban J connectivity index is 2.36. The number of nitrogens with zero attached hydrogens (tertiary/aromatic N) is 4. The largest absolute Gasteiger partial charge is 0.325 e. The first-order chi connectivity index (χ1) is 15.7. The van der Waals surface area contributed by atoms with Gasteiger partial charge < -0.3 is 10.6 Å². The van der Waals surface area contributed by atoms with Gasteiger partial charge in [-0.1, -0.05) is 0 Å². The van der Waals surface area contributed by atoms with Crippen molar-refractivity contribution >= 4 is 34.6 Å². The summed E-state index contributed by atoms with van der Waals surface area (Å²) in [5.74, 6) is -1.58. The Morgan fingerprint density at radius 1 is 0.758 bits per heavy atom. The third-order valence-electron chi connectivity index (χ3n) is 4.87. The van der Waals surface area contributed by atoms with Crippen LogP contribution in [0.4, 0.5) is 22.7 Å². The van der Waals surface area contributed by atoms with E-state index in [0.717, 1.165) is 0 Å². The molecule has 12 nitrogen and oxygen atoms in total. The van der Waals surface area contributed by atoms with Crippen LogP contribution in [-0.4, -0.2) is 21.7 Å². The summed E-state index contributed by atoms with van der Waals surface area (Å²) in [6.45, 7) is 0. The van der Waals surface area contributed by atoms with Gasteiger partial charge in [-0.2, -0.15) is 10.5 Å². The van der Waals surface area contributed by atoms with Crippen molar-refractivity contribution in [3.8, 4) is 12.1 Å². The summed E-state index contributed by atoms with van der Waals surface area (Å²) >= 11 is 0. The number of benzene rings is 2. The number of hydrogen-bond acceptors (Lipinski definition) is 8. The van der Waals surface area contributed by atoms with Crippen molar-refractivity contribution < 1.29 is 19.4 Å². The Labute approximate surface area is 187 Å². The number of anilines is 2. The summed E-state index contributed by atoms with van der Waals surface area (Å²) in [5, 5.41) is 44.8. The molecule has 0 saturated carbocycles. The molecule has 0 saturated heterocycles. The number of hydrogen-bond donors (Lipinski definition) is 2. The predicted octanol–water partition coefficient (Wildman–Crippen LogP) is 3.67. The third kappa shape index (κ3) is 6.08. The fraction of sp³-hybridized carbons (Fsp3) is 0.238. The van der Waals surface area contributed by atoms with E-state index in [-0.39, 0.29) is 48.4 Å². The molecule has 2 aromatic carbocycles. The topological polar surface area (TPSA) is 192 Å². The van der Waals surface area contributed by atoms with E-state index in [9.17, 15) is 29.8 Å². The first-order valence-corrected chi connectivity index (χ1v) is 9.59. The van der Waals surface area contributed by atoms with Crippen LogP contribution in [0, 0.1) is 48.3 Å². The molecule has 0 aliphatic heterocycles. The monoisotopic (exact) mass is 450 g/mol. The molecular weight excluding hydrogens is 432 g/mol. The van der Waals surface area contributed by atoms with E-state index < -0.39 is 27.1 Å². The Morgan fingerprint density at radius 2 is 1.09 bits per heavy atom. The van der Waals surface area contributed by atoms with Crippen LogP contribution in [0.2, 0.25) is 0 Å². The Hall–Kier alpha value is -4.84. The summed E-state index contributed by atoms with van der Waals surface area (Å²) in [6, 6.07) is 13.7. The van der Waals surface area contributed by atoms with Crippen LogP contribution < -0.4 is 10.6 Å². The molecule has 0 atom stereocenters. The van der Waals surface area contributed by atoms with Crippen LogP contribution >= 0.6 is 0 Å². The number of non-ortho nitro benzene ring substituents is 2. The second-order valence-electron chi connectivity index (χ2n) is 6.91. The highest BCUT2D eigenvalue weighted by molar-refractivity contribution is 6.14. The van der Waals surface area contributed by atoms with Crippen molar-refractivity contribution in [2.45, 2.75) is 25.7 Å². The fourth-order valence-corrected chi connectivity index (χ4v) is 3.06. The highest BCUT2D eigenvalue weighted by Gasteiger charge is 2.45. The molecule has 0 aliphatic rings. The van der Waals surface area contributed by atoms with E-state index >= 15 is 0 Å². The van der Waals surface area contributed by atoms with Gasteiger partial charge in [-0.05, 0) is 37.1 Å². The zero-order valence-electron chi connectivity index (χ0n) is 17.2. The summed E-state index contributed by atoms with van der Waals surface area (Å²) in [5.41, 5.74) is -1.82. The lowest BCUT2D eigenvalue weighted by Crippen LogP contribution is -2.46. The van der Waals surface area contributed by atoms with E-state index in [1.54, 1.807) is 0 Å². The number of carbonyl (C=O) groups excluding carboxylic acids is 2. The van der Waals surface area contributed by atoms with Gasteiger partial charge in [0.15, 0.2) is 0 Å². The van der Waals surface area contributed by atoms with E-state index in [1.807, 2.05) is 12.1 Å². The van der Waals surface area contributed by atoms with Crippen molar-refractivity contribution in [2.75, 3.05) is 10.6 Å². The molecule has 2 aromatic rings. The average Bonchev–Trinajstić information content (AvgIpc) is 2.80. The molecule has 0 spiro atoms. The van der Waals surface area contributed by atoms with E-state index in [1.165, 1.54) is 48.5 Å². The molecule has 0 fully saturated rings. The zero-order valence-corrected chi connectivity index (χ0v) is 17.2. The predicted molar refractivity (Wildman–Crippen MR) is 116 cm³/mol. The van der Waals surface area contributed by atoms with Gasteiger partial charge in [0, 0.05) is 48.5 Å². The highest BCUT2D eigenvalue weighted by atomic mass is 16.6. The van der Waals surface area contributed by atoms with Crippen molar-refractivity contribution in [3.05, 3.63) is 68.8 Å². The summed E-state index contributed by atoms with van der Waals surface area (Å²) in [4.78, 5) is 46.9. The van der Waals surface area contributed by atoms with Gasteiger partial charge >= 0.3 is 0 Å². The lowest BCUT2D eigenvalue weighted by Gasteiger charge is -2.30. The number of nitro benzene ring substituents is 2. The number of nitriles is 2. The maximum atomic E-state index is 13.2. The zero-order chi connectivity index (χ0) is 24.4. The van der Waals surface area contributed by atoms with E-state index in [2.05, 4.69) is 10.6 Å². The van der Waals surface area contributed by atoms with Gasteiger partial charge in [-0.3, -0.25) is 29.8 Å². The van der Waals surface area contributed by atoms with Gasteiger partial charge in [0.05, 0.1) is 22.0 Å².